The first-order valence-corrected chi connectivity index (χ1v) is 7.08. The third-order valence-electron chi connectivity index (χ3n) is 2.73. The highest BCUT2D eigenvalue weighted by molar-refractivity contribution is 7.89. The number of hydrogen-bond donors (Lipinski definition) is 1. The first-order valence-electron chi connectivity index (χ1n) is 5.53. The van der Waals surface area contributed by atoms with Crippen LogP contribution in [0.15, 0.2) is 23.1 Å². The fourth-order valence-corrected chi connectivity index (χ4v) is 2.36. The molecule has 0 unspecified atom stereocenters. The fourth-order valence-electron chi connectivity index (χ4n) is 1.82. The van der Waals surface area contributed by atoms with Crippen LogP contribution in [0.5, 0.6) is 5.75 Å². The number of primary sulfonamides is 1. The molecule has 1 amide bonds. The Bertz CT molecular complexity index is 583. The molecule has 0 bridgehead atoms. The molecule has 0 radical (unpaired) electrons. The zero-order chi connectivity index (χ0) is 13.3. The maximum Gasteiger partial charge on any atom is 0.238 e. The van der Waals surface area contributed by atoms with E-state index >= 15 is 0 Å². The van der Waals surface area contributed by atoms with Crippen molar-refractivity contribution >= 4 is 21.6 Å². The van der Waals surface area contributed by atoms with Gasteiger partial charge in [-0.25, -0.2) is 13.6 Å². The third-order valence-corrected chi connectivity index (χ3v) is 3.64. The summed E-state index contributed by atoms with van der Waals surface area (Å²) in [6.45, 7) is 2.56. The van der Waals surface area contributed by atoms with Gasteiger partial charge in [-0.15, -0.1) is 0 Å². The number of benzene rings is 1. The zero-order valence-electron chi connectivity index (χ0n) is 9.92. The molecule has 7 heteroatoms. The number of fused-ring (bicyclic) bond motifs is 1. The Labute approximate surface area is 105 Å². The van der Waals surface area contributed by atoms with Crippen LogP contribution in [0.2, 0.25) is 0 Å². The van der Waals surface area contributed by atoms with Crippen molar-refractivity contribution in [2.45, 2.75) is 18.2 Å². The lowest BCUT2D eigenvalue weighted by molar-refractivity contribution is -0.118. The summed E-state index contributed by atoms with van der Waals surface area (Å²) in [5.74, 6) is 0.418. The largest absolute Gasteiger partial charge is 0.490 e. The van der Waals surface area contributed by atoms with E-state index in [9.17, 15) is 13.2 Å². The molecular weight excluding hydrogens is 256 g/mol. The molecule has 0 fully saturated rings. The fraction of sp³-hybridized carbons (Fsp3) is 0.364. The Morgan fingerprint density at radius 2 is 2.22 bits per heavy atom. The van der Waals surface area contributed by atoms with Crippen LogP contribution < -0.4 is 14.8 Å². The van der Waals surface area contributed by atoms with Crippen molar-refractivity contribution in [1.82, 2.24) is 0 Å². The molecule has 0 aliphatic carbocycles. The zero-order valence-corrected chi connectivity index (χ0v) is 10.7. The summed E-state index contributed by atoms with van der Waals surface area (Å²) in [7, 11) is -3.79. The summed E-state index contributed by atoms with van der Waals surface area (Å²) >= 11 is 0. The highest BCUT2D eigenvalue weighted by Crippen LogP contribution is 2.33. The van der Waals surface area contributed by atoms with Gasteiger partial charge >= 0.3 is 0 Å². The number of nitrogens with two attached hydrogens (primary N) is 1. The lowest BCUT2D eigenvalue weighted by Crippen LogP contribution is -2.37. The summed E-state index contributed by atoms with van der Waals surface area (Å²) in [4.78, 5) is 13.3. The number of anilines is 1. The van der Waals surface area contributed by atoms with Crippen LogP contribution in [0, 0.1) is 0 Å². The van der Waals surface area contributed by atoms with Crippen molar-refractivity contribution in [3.63, 3.8) is 0 Å². The number of carbonyl (C=O) groups is 1. The Kier molecular flexibility index (Phi) is 3.27. The molecule has 0 saturated heterocycles. The summed E-state index contributed by atoms with van der Waals surface area (Å²) in [6, 6.07) is 4.26. The van der Waals surface area contributed by atoms with Gasteiger partial charge < -0.3 is 9.64 Å². The summed E-state index contributed by atoms with van der Waals surface area (Å²) < 4.78 is 28.0. The summed E-state index contributed by atoms with van der Waals surface area (Å²) in [5, 5.41) is 5.07. The van der Waals surface area contributed by atoms with E-state index in [0.717, 1.165) is 0 Å². The molecule has 2 rings (SSSR count). The number of carbonyl (C=O) groups excluding carboxylic acids is 1. The van der Waals surface area contributed by atoms with E-state index in [4.69, 9.17) is 9.88 Å². The molecule has 1 aliphatic rings. The van der Waals surface area contributed by atoms with Crippen LogP contribution in [0.25, 0.3) is 0 Å². The van der Waals surface area contributed by atoms with Crippen molar-refractivity contribution in [2.75, 3.05) is 18.1 Å². The molecule has 98 valence electrons. The normalized spacial score (nSPS) is 14.9. The molecule has 18 heavy (non-hydrogen) atoms. The van der Waals surface area contributed by atoms with Gasteiger partial charge in [0.15, 0.2) is 0 Å². The second-order valence-electron chi connectivity index (χ2n) is 3.92. The molecule has 1 heterocycles. The minimum Gasteiger partial charge on any atom is -0.490 e. The second-order valence-corrected chi connectivity index (χ2v) is 5.48. The van der Waals surface area contributed by atoms with Gasteiger partial charge in [-0.3, -0.25) is 4.79 Å². The Balaban J connectivity index is 2.51. The standard InChI is InChI=1S/C11H14N2O4S/c1-2-11(14)13-5-6-17-10-4-3-8(7-9(10)13)18(12,15)16/h3-4,7H,2,5-6H2,1H3,(H2,12,15,16). The lowest BCUT2D eigenvalue weighted by Gasteiger charge is -2.29. The number of ether oxygens (including phenoxy) is 1. The van der Waals surface area contributed by atoms with E-state index < -0.39 is 10.0 Å². The number of sulfonamides is 1. The van der Waals surface area contributed by atoms with E-state index in [1.54, 1.807) is 6.92 Å². The summed E-state index contributed by atoms with van der Waals surface area (Å²) in [6.07, 6.45) is 0.346. The molecule has 1 aromatic carbocycles. The molecule has 0 saturated carbocycles. The molecule has 0 atom stereocenters. The minimum absolute atomic E-state index is 0.0272. The van der Waals surface area contributed by atoms with Gasteiger partial charge in [0.05, 0.1) is 17.1 Å². The molecule has 0 spiro atoms. The van der Waals surface area contributed by atoms with Crippen LogP contribution in [-0.2, 0) is 14.8 Å². The van der Waals surface area contributed by atoms with Crippen molar-refractivity contribution in [1.29, 1.82) is 0 Å². The smallest absolute Gasteiger partial charge is 0.238 e. The van der Waals surface area contributed by atoms with Gasteiger partial charge in [0, 0.05) is 6.42 Å². The number of amides is 1. The average Bonchev–Trinajstić information content (AvgIpc) is 2.35. The second kappa shape index (κ2) is 4.58. The van der Waals surface area contributed by atoms with Gasteiger partial charge in [0.1, 0.15) is 12.4 Å². The predicted octanol–water partition coefficient (Wildman–Crippen LogP) is 0.469. The maximum atomic E-state index is 11.8. The van der Waals surface area contributed by atoms with E-state index in [1.807, 2.05) is 0 Å². The van der Waals surface area contributed by atoms with Gasteiger partial charge in [0.2, 0.25) is 15.9 Å². The van der Waals surface area contributed by atoms with E-state index in [0.29, 0.717) is 31.0 Å². The topological polar surface area (TPSA) is 89.7 Å². The molecule has 2 N–H and O–H groups in total. The quantitative estimate of drug-likeness (QED) is 0.845. The minimum atomic E-state index is -3.79. The average molecular weight is 270 g/mol. The van der Waals surface area contributed by atoms with Crippen LogP contribution >= 0.6 is 0 Å². The van der Waals surface area contributed by atoms with E-state index in [1.165, 1.54) is 23.1 Å². The van der Waals surface area contributed by atoms with Crippen molar-refractivity contribution in [3.05, 3.63) is 18.2 Å². The number of rotatable bonds is 2. The van der Waals surface area contributed by atoms with Crippen LogP contribution in [0.4, 0.5) is 5.69 Å². The van der Waals surface area contributed by atoms with Crippen LogP contribution in [0.3, 0.4) is 0 Å². The summed E-state index contributed by atoms with van der Waals surface area (Å²) in [5.41, 5.74) is 0.458. The molecule has 0 aromatic heterocycles. The molecule has 6 nitrogen and oxygen atoms in total. The Morgan fingerprint density at radius 3 is 2.83 bits per heavy atom. The van der Waals surface area contributed by atoms with Crippen molar-refractivity contribution < 1.29 is 17.9 Å². The van der Waals surface area contributed by atoms with Crippen molar-refractivity contribution in [3.8, 4) is 5.75 Å². The third kappa shape index (κ3) is 2.32. The van der Waals surface area contributed by atoms with Gasteiger partial charge in [0.25, 0.3) is 0 Å². The molecule has 1 aliphatic heterocycles. The number of hydrogen-bond acceptors (Lipinski definition) is 4. The first kappa shape index (κ1) is 12.8. The lowest BCUT2D eigenvalue weighted by atomic mass is 10.2. The van der Waals surface area contributed by atoms with Gasteiger partial charge in [-0.2, -0.15) is 0 Å². The Hall–Kier alpha value is -1.60. The number of nitrogens with zero attached hydrogens (tertiary/aromatic N) is 1. The van der Waals surface area contributed by atoms with Crippen LogP contribution in [-0.4, -0.2) is 27.5 Å². The predicted molar refractivity (Wildman–Crippen MR) is 66.0 cm³/mol. The Morgan fingerprint density at radius 1 is 1.50 bits per heavy atom. The maximum absolute atomic E-state index is 11.8. The van der Waals surface area contributed by atoms with Crippen molar-refractivity contribution in [2.24, 2.45) is 5.14 Å². The highest BCUT2D eigenvalue weighted by Gasteiger charge is 2.24. The van der Waals surface area contributed by atoms with Gasteiger partial charge in [-0.05, 0) is 18.2 Å². The monoisotopic (exact) mass is 270 g/mol. The molecule has 1 aromatic rings. The van der Waals surface area contributed by atoms with E-state index in [-0.39, 0.29) is 10.8 Å². The van der Waals surface area contributed by atoms with E-state index in [2.05, 4.69) is 0 Å². The highest BCUT2D eigenvalue weighted by atomic mass is 32.2. The van der Waals surface area contributed by atoms with Gasteiger partial charge in [-0.1, -0.05) is 6.92 Å². The first-order chi connectivity index (χ1) is 8.43. The molecular formula is C11H14N2O4S. The van der Waals surface area contributed by atoms with Crippen LogP contribution in [0.1, 0.15) is 13.3 Å². The SMILES string of the molecule is CCC(=O)N1CCOc2ccc(S(N)(=O)=O)cc21.